The number of methoxy groups -OCH3 is 2. The van der Waals surface area contributed by atoms with Crippen LogP contribution in [0.4, 0.5) is 9.59 Å². The van der Waals surface area contributed by atoms with Crippen LogP contribution < -0.4 is 26.9 Å². The third kappa shape index (κ3) is 14.1. The summed E-state index contributed by atoms with van der Waals surface area (Å²) in [6.07, 6.45) is 9.58. The summed E-state index contributed by atoms with van der Waals surface area (Å²) in [6, 6.07) is 15.9. The number of halogens is 1. The van der Waals surface area contributed by atoms with Crippen LogP contribution in [0.15, 0.2) is 70.9 Å². The predicted octanol–water partition coefficient (Wildman–Crippen LogP) is 8.33. The van der Waals surface area contributed by atoms with E-state index in [0.29, 0.717) is 6.04 Å². The van der Waals surface area contributed by atoms with Gasteiger partial charge in [-0.25, -0.2) is 14.4 Å². The van der Waals surface area contributed by atoms with Gasteiger partial charge >= 0.3 is 32.4 Å². The molecular formula is C55H80B2ClN5O11. The molecule has 8 rings (SSSR count). The van der Waals surface area contributed by atoms with Crippen LogP contribution in [0.1, 0.15) is 139 Å². The molecule has 1 aliphatic carbocycles. The average Bonchev–Trinajstić information content (AvgIpc) is 4.21. The second-order valence-electron chi connectivity index (χ2n) is 22.6. The number of alkyl carbamates (subject to hydrolysis) is 2. The summed E-state index contributed by atoms with van der Waals surface area (Å²) in [5.74, 6) is -1.18. The molecule has 1 saturated carbocycles. The molecular weight excluding hydrogens is 964 g/mol. The number of ether oxygens (including phenoxy) is 2. The number of ketones is 1. The lowest BCUT2D eigenvalue weighted by atomic mass is 9.78. The van der Waals surface area contributed by atoms with Gasteiger partial charge in [-0.1, -0.05) is 82.6 Å². The number of carboxylic acid groups (broad SMARTS) is 1. The fraction of sp³-hybridized carbons (Fsp3) is 0.600. The van der Waals surface area contributed by atoms with Crippen molar-refractivity contribution >= 4 is 84.1 Å². The van der Waals surface area contributed by atoms with Gasteiger partial charge in [0.25, 0.3) is 0 Å². The molecule has 19 heteroatoms. The van der Waals surface area contributed by atoms with Gasteiger partial charge in [0.2, 0.25) is 0 Å². The molecule has 4 N–H and O–H groups in total. The highest BCUT2D eigenvalue weighted by molar-refractivity contribution is 6.62. The number of aliphatic carboxylic acids is 1. The zero-order chi connectivity index (χ0) is 53.6. The Labute approximate surface area is 445 Å². The zero-order valence-corrected chi connectivity index (χ0v) is 46.8. The Morgan fingerprint density at radius 2 is 1.05 bits per heavy atom. The quantitative estimate of drug-likeness (QED) is 0.140. The monoisotopic (exact) mass is 1040 g/mol. The molecule has 0 radical (unpaired) electrons. The Bertz CT molecular complexity index is 2400. The second kappa shape index (κ2) is 24.9. The molecule has 0 spiro atoms. The Morgan fingerprint density at radius 3 is 1.45 bits per heavy atom. The summed E-state index contributed by atoms with van der Waals surface area (Å²) in [4.78, 5) is 55.8. The van der Waals surface area contributed by atoms with Gasteiger partial charge in [-0.05, 0) is 133 Å². The number of Topliss-reactive ketones (excluding diaryl/α,β-unsaturated/α-hetero) is 1. The fourth-order valence-corrected chi connectivity index (χ4v) is 9.71. The van der Waals surface area contributed by atoms with Gasteiger partial charge in [-0.15, -0.1) is 12.4 Å². The van der Waals surface area contributed by atoms with Crippen LogP contribution in [0.3, 0.4) is 0 Å². The van der Waals surface area contributed by atoms with Crippen molar-refractivity contribution in [3.63, 3.8) is 0 Å². The molecule has 74 heavy (non-hydrogen) atoms. The van der Waals surface area contributed by atoms with E-state index in [9.17, 15) is 19.2 Å². The summed E-state index contributed by atoms with van der Waals surface area (Å²) in [7, 11) is 1.82. The molecule has 0 bridgehead atoms. The minimum atomic E-state index is -1.06. The average molecular weight is 1040 g/mol. The molecule has 0 aromatic heterocycles. The first kappa shape index (κ1) is 60.0. The minimum absolute atomic E-state index is 0. The van der Waals surface area contributed by atoms with E-state index in [-0.39, 0.29) is 78.5 Å². The summed E-state index contributed by atoms with van der Waals surface area (Å²) >= 11 is 0. The third-order valence-electron chi connectivity index (χ3n) is 15.7. The first-order chi connectivity index (χ1) is 34.3. The third-order valence-corrected chi connectivity index (χ3v) is 15.7. The van der Waals surface area contributed by atoms with Crippen molar-refractivity contribution in [2.75, 3.05) is 20.8 Å². The van der Waals surface area contributed by atoms with Crippen LogP contribution >= 0.6 is 12.4 Å². The van der Waals surface area contributed by atoms with E-state index in [1.54, 1.807) is 13.8 Å². The highest BCUT2D eigenvalue weighted by Gasteiger charge is 2.53. The van der Waals surface area contributed by atoms with Crippen LogP contribution in [0, 0.1) is 23.7 Å². The second-order valence-corrected chi connectivity index (χ2v) is 22.6. The highest BCUT2D eigenvalue weighted by Crippen LogP contribution is 2.41. The molecule has 2 amide bonds. The van der Waals surface area contributed by atoms with Gasteiger partial charge in [0.1, 0.15) is 6.04 Å². The lowest BCUT2D eigenvalue weighted by Crippen LogP contribution is -2.48. The number of nitrogens with one attached hydrogen (secondary N) is 3. The maximum atomic E-state index is 13.4. The normalized spacial score (nSPS) is 23.7. The van der Waals surface area contributed by atoms with Crippen molar-refractivity contribution in [3.8, 4) is 0 Å². The van der Waals surface area contributed by atoms with E-state index in [1.165, 1.54) is 43.9 Å². The van der Waals surface area contributed by atoms with Crippen molar-refractivity contribution in [1.82, 2.24) is 16.0 Å². The molecule has 404 valence electrons. The Balaban J connectivity index is 0.000000231. The van der Waals surface area contributed by atoms with Crippen molar-refractivity contribution in [2.45, 2.75) is 169 Å². The summed E-state index contributed by atoms with van der Waals surface area (Å²) in [5.41, 5.74) is 7.85. The van der Waals surface area contributed by atoms with Gasteiger partial charge < -0.3 is 49.1 Å². The lowest BCUT2D eigenvalue weighted by Gasteiger charge is -2.32. The molecule has 2 aromatic rings. The molecule has 4 fully saturated rings. The first-order valence-corrected chi connectivity index (χ1v) is 25.9. The molecule has 2 aromatic carbocycles. The summed E-state index contributed by atoms with van der Waals surface area (Å²) < 4.78 is 33.6. The van der Waals surface area contributed by atoms with Crippen LogP contribution in [-0.4, -0.2) is 116 Å². The molecule has 5 atom stereocenters. The number of benzene rings is 2. The number of hydrogen-bond donors (Lipinski definition) is 4. The van der Waals surface area contributed by atoms with Crippen LogP contribution in [0.2, 0.25) is 0 Å². The topological polar surface area (TPSA) is 205 Å². The van der Waals surface area contributed by atoms with Gasteiger partial charge in [-0.3, -0.25) is 14.8 Å². The maximum Gasteiger partial charge on any atom is 0.494 e. The van der Waals surface area contributed by atoms with Crippen molar-refractivity contribution in [3.05, 3.63) is 72.1 Å². The minimum Gasteiger partial charge on any atom is -0.480 e. The molecule has 1 unspecified atom stereocenters. The molecule has 3 saturated heterocycles. The Hall–Kier alpha value is -4.84. The fourth-order valence-electron chi connectivity index (χ4n) is 9.71. The van der Waals surface area contributed by atoms with Crippen LogP contribution in [-0.2, 0) is 37.7 Å². The Morgan fingerprint density at radius 1 is 0.635 bits per heavy atom. The number of rotatable bonds is 13. The summed E-state index contributed by atoms with van der Waals surface area (Å²) in [6.45, 7) is 25.0. The van der Waals surface area contributed by atoms with E-state index in [4.69, 9.17) is 33.5 Å². The number of carbonyl (C=O) groups is 4. The number of aliphatic imine (C=N–C) groups is 2. The zero-order valence-electron chi connectivity index (χ0n) is 46.0. The first-order valence-electron chi connectivity index (χ1n) is 25.9. The van der Waals surface area contributed by atoms with Crippen LogP contribution in [0.5, 0.6) is 0 Å². The van der Waals surface area contributed by atoms with E-state index < -0.39 is 30.2 Å². The van der Waals surface area contributed by atoms with Crippen molar-refractivity contribution in [2.24, 2.45) is 33.7 Å². The highest BCUT2D eigenvalue weighted by atomic mass is 35.5. The molecule has 16 nitrogen and oxygen atoms in total. The largest absolute Gasteiger partial charge is 0.494 e. The molecule has 6 aliphatic rings. The SMILES string of the molecule is CC1(C)OB(c2ccc(C3=CN=C([C@@H]4CCCN4)C3)cc2)OC1(C)C.COC(=O)N[C@H](C(=O)C1CCC[C@H]1C1=NC=C(c2ccc(B3OC(C)(C)C(C)(C)O3)cc2)C1)C(C)C.COC(=O)N[C@H](C(=O)O)C(C)C.Cl. The predicted molar refractivity (Wildman–Crippen MR) is 294 cm³/mol. The Kier molecular flexibility index (Phi) is 20.2. The number of allylic oxidation sites excluding steroid dienone is 2. The van der Waals surface area contributed by atoms with Gasteiger partial charge in [0, 0.05) is 54.5 Å². The van der Waals surface area contributed by atoms with Crippen molar-refractivity contribution in [1.29, 1.82) is 0 Å². The van der Waals surface area contributed by atoms with E-state index >= 15 is 0 Å². The van der Waals surface area contributed by atoms with Gasteiger partial charge in [0.15, 0.2) is 5.78 Å². The van der Waals surface area contributed by atoms with Crippen molar-refractivity contribution < 1.29 is 52.4 Å². The number of carboxylic acids is 1. The maximum absolute atomic E-state index is 13.4. The number of amides is 2. The smallest absolute Gasteiger partial charge is 0.480 e. The van der Waals surface area contributed by atoms with E-state index in [2.05, 4.69) is 130 Å². The van der Waals surface area contributed by atoms with Gasteiger partial charge in [-0.2, -0.15) is 0 Å². The van der Waals surface area contributed by atoms with Crippen LogP contribution in [0.25, 0.3) is 11.1 Å². The van der Waals surface area contributed by atoms with E-state index in [0.717, 1.165) is 66.4 Å². The van der Waals surface area contributed by atoms with E-state index in [1.807, 2.05) is 26.2 Å². The summed E-state index contributed by atoms with van der Waals surface area (Å²) in [5, 5.41) is 17.1. The lowest BCUT2D eigenvalue weighted by molar-refractivity contribution is -0.140. The molecule has 5 aliphatic heterocycles. The number of carbonyl (C=O) groups excluding carboxylic acids is 3. The molecule has 5 heterocycles. The number of hydrogen-bond acceptors (Lipinski definition) is 13. The number of nitrogens with zero attached hydrogens (tertiary/aromatic N) is 2. The standard InChI is InChI=1S/C28H39BN2O5.C20H27BN2O2.C7H13NO4.ClH/c1-17(2)24(31-26(33)34-7)25(32)22-10-8-9-21(22)23-15-19(16-30-23)18-11-13-20(14-12-18)29-35-27(3,4)28(5,6)36-29;1-19(2)20(3,4)25-21(24-19)16-9-7-14(8-10-16)15-12-18(23-13-15)17-6-5-11-22-17;1-4(2)5(6(9)10)8-7(11)12-3;/h11-14,16-17,21-22,24H,8-10,15H2,1-7H3,(H,31,33);7-10,13,17,22H,5-6,11-12H2,1-4H3;4-5H,1-3H3,(H,8,11)(H,9,10);1H/t21-,22?,24+;17-;5-;/m100./s1. The van der Waals surface area contributed by atoms with Gasteiger partial charge in [0.05, 0.1) is 42.7 Å².